The molecule has 3 rings (SSSR count). The summed E-state index contributed by atoms with van der Waals surface area (Å²) in [6.07, 6.45) is 1.74. The van der Waals surface area contributed by atoms with Crippen LogP contribution < -0.4 is 5.32 Å². The van der Waals surface area contributed by atoms with E-state index in [1.165, 1.54) is 0 Å². The lowest BCUT2D eigenvalue weighted by Crippen LogP contribution is -2.40. The molecule has 2 aromatic heterocycles. The molecule has 0 fully saturated rings. The van der Waals surface area contributed by atoms with E-state index in [0.29, 0.717) is 28.8 Å². The Bertz CT molecular complexity index is 1050. The van der Waals surface area contributed by atoms with E-state index in [9.17, 15) is 0 Å². The molecule has 0 aliphatic rings. The maximum Gasteiger partial charge on any atom is 0.192 e. The number of nitrogens with zero attached hydrogens (tertiary/aromatic N) is 3. The maximum absolute atomic E-state index is 6.34. The van der Waals surface area contributed by atoms with Crippen molar-refractivity contribution in [3.63, 3.8) is 0 Å². The van der Waals surface area contributed by atoms with Crippen molar-refractivity contribution in [2.75, 3.05) is 5.32 Å². The number of pyridine rings is 1. The molecule has 5 nitrogen and oxygen atoms in total. The number of rotatable bonds is 5. The van der Waals surface area contributed by atoms with Gasteiger partial charge in [0.05, 0.1) is 12.1 Å². The maximum atomic E-state index is 6.34. The van der Waals surface area contributed by atoms with Gasteiger partial charge in [0.15, 0.2) is 20.0 Å². The quantitative estimate of drug-likeness (QED) is 0.387. The molecule has 0 amide bonds. The smallest absolute Gasteiger partial charge is 0.192 e. The van der Waals surface area contributed by atoms with Crippen LogP contribution >= 0.6 is 27.5 Å². The first-order chi connectivity index (χ1) is 13.5. The Balaban J connectivity index is 2.01. The van der Waals surface area contributed by atoms with Gasteiger partial charge < -0.3 is 9.74 Å². The molecule has 0 atom stereocenters. The lowest BCUT2D eigenvalue weighted by molar-refractivity contribution is 0.268. The summed E-state index contributed by atoms with van der Waals surface area (Å²) < 4.78 is 7.21. The van der Waals surface area contributed by atoms with Gasteiger partial charge in [-0.25, -0.2) is 15.0 Å². The van der Waals surface area contributed by atoms with Gasteiger partial charge in [-0.1, -0.05) is 38.4 Å². The van der Waals surface area contributed by atoms with Gasteiger partial charge in [0.25, 0.3) is 0 Å². The molecule has 0 saturated carbocycles. The molecule has 0 saturated heterocycles. The summed E-state index contributed by atoms with van der Waals surface area (Å²) in [7, 11) is -1.92. The molecule has 154 valence electrons. The van der Waals surface area contributed by atoms with E-state index < -0.39 is 8.32 Å². The molecular weight excluding hydrogens is 468 g/mol. The molecule has 2 heterocycles. The van der Waals surface area contributed by atoms with Crippen LogP contribution in [0.4, 0.5) is 11.5 Å². The van der Waals surface area contributed by atoms with Crippen molar-refractivity contribution >= 4 is 58.4 Å². The van der Waals surface area contributed by atoms with E-state index in [1.807, 2.05) is 31.2 Å². The van der Waals surface area contributed by atoms with Gasteiger partial charge in [-0.15, -0.1) is 0 Å². The van der Waals surface area contributed by atoms with Crippen LogP contribution in [-0.4, -0.2) is 23.3 Å². The number of anilines is 2. The highest BCUT2D eigenvalue weighted by atomic mass is 79.9. The van der Waals surface area contributed by atoms with Crippen molar-refractivity contribution < 1.29 is 4.43 Å². The third-order valence-corrected chi connectivity index (χ3v) is 10.8. The molecule has 3 aromatic rings. The van der Waals surface area contributed by atoms with Crippen LogP contribution in [0.25, 0.3) is 11.0 Å². The van der Waals surface area contributed by atoms with Crippen LogP contribution in [0, 0.1) is 6.92 Å². The van der Waals surface area contributed by atoms with Gasteiger partial charge in [0, 0.05) is 21.4 Å². The number of fused-ring (bicyclic) bond motifs is 1. The predicted octanol–water partition coefficient (Wildman–Crippen LogP) is 7.01. The molecule has 29 heavy (non-hydrogen) atoms. The fourth-order valence-electron chi connectivity index (χ4n) is 2.53. The highest BCUT2D eigenvalue weighted by Crippen LogP contribution is 2.37. The fraction of sp³-hybridized carbons (Fsp3) is 0.381. The number of nitrogens with one attached hydrogen (secondary N) is 1. The zero-order chi connectivity index (χ0) is 21.4. The lowest BCUT2D eigenvalue weighted by atomic mass is 10.2. The minimum atomic E-state index is -1.92. The van der Waals surface area contributed by atoms with Crippen molar-refractivity contribution in [3.05, 3.63) is 51.3 Å². The highest BCUT2D eigenvalue weighted by molar-refractivity contribution is 9.10. The van der Waals surface area contributed by atoms with Gasteiger partial charge in [-0.05, 0) is 64.7 Å². The van der Waals surface area contributed by atoms with E-state index in [0.717, 1.165) is 21.2 Å². The minimum absolute atomic E-state index is 0.118. The Morgan fingerprint density at radius 2 is 1.93 bits per heavy atom. The fourth-order valence-corrected chi connectivity index (χ4v) is 3.94. The highest BCUT2D eigenvalue weighted by Gasteiger charge is 2.37. The monoisotopic (exact) mass is 492 g/mol. The largest absolute Gasteiger partial charge is 0.409 e. The third-order valence-electron chi connectivity index (χ3n) is 5.44. The minimum Gasteiger partial charge on any atom is -0.409 e. The van der Waals surface area contributed by atoms with E-state index in [-0.39, 0.29) is 5.04 Å². The van der Waals surface area contributed by atoms with Crippen molar-refractivity contribution in [1.82, 2.24) is 15.0 Å². The molecule has 0 unspecified atom stereocenters. The molecule has 0 bridgehead atoms. The van der Waals surface area contributed by atoms with Crippen LogP contribution in [0.15, 0.2) is 34.9 Å². The topological polar surface area (TPSA) is 59.9 Å². The number of aromatic nitrogens is 3. The van der Waals surface area contributed by atoms with Crippen LogP contribution in [0.3, 0.4) is 0 Å². The molecule has 8 heteroatoms. The summed E-state index contributed by atoms with van der Waals surface area (Å²) in [4.78, 5) is 13.9. The number of hydrogen-bond donors (Lipinski definition) is 1. The molecule has 1 N–H and O–H groups in total. The molecular formula is C21H26BrClN4OSi. The van der Waals surface area contributed by atoms with Gasteiger partial charge in [0.1, 0.15) is 5.52 Å². The Morgan fingerprint density at radius 1 is 1.21 bits per heavy atom. The summed E-state index contributed by atoms with van der Waals surface area (Å²) in [5, 5.41) is 4.20. The predicted molar refractivity (Wildman–Crippen MR) is 126 cm³/mol. The second-order valence-corrected chi connectivity index (χ2v) is 14.7. The number of benzene rings is 1. The lowest BCUT2D eigenvalue weighted by Gasteiger charge is -2.35. The van der Waals surface area contributed by atoms with Crippen LogP contribution in [0.5, 0.6) is 0 Å². The Labute approximate surface area is 186 Å². The molecule has 0 aliphatic heterocycles. The zero-order valence-electron chi connectivity index (χ0n) is 17.6. The average molecular weight is 494 g/mol. The summed E-state index contributed by atoms with van der Waals surface area (Å²) in [5.74, 6) is 1.27. The summed E-state index contributed by atoms with van der Waals surface area (Å²) >= 11 is 9.76. The Hall–Kier alpha value is -1.54. The van der Waals surface area contributed by atoms with Crippen molar-refractivity contribution in [2.45, 2.75) is 52.4 Å². The van der Waals surface area contributed by atoms with Crippen LogP contribution in [-0.2, 0) is 11.0 Å². The van der Waals surface area contributed by atoms with Crippen molar-refractivity contribution in [3.8, 4) is 0 Å². The van der Waals surface area contributed by atoms with E-state index in [1.54, 1.807) is 6.20 Å². The first-order valence-corrected chi connectivity index (χ1v) is 13.5. The summed E-state index contributed by atoms with van der Waals surface area (Å²) in [6, 6.07) is 7.69. The average Bonchev–Trinajstić information content (AvgIpc) is 2.62. The van der Waals surface area contributed by atoms with Crippen LogP contribution in [0.1, 0.15) is 32.2 Å². The second-order valence-electron chi connectivity index (χ2n) is 8.60. The van der Waals surface area contributed by atoms with Crippen molar-refractivity contribution in [2.24, 2.45) is 0 Å². The summed E-state index contributed by atoms with van der Waals surface area (Å²) in [6.45, 7) is 13.4. The molecule has 0 aliphatic carbocycles. The third kappa shape index (κ3) is 4.96. The van der Waals surface area contributed by atoms with E-state index in [2.05, 4.69) is 60.1 Å². The van der Waals surface area contributed by atoms with Gasteiger partial charge in [-0.3, -0.25) is 0 Å². The van der Waals surface area contributed by atoms with Gasteiger partial charge >= 0.3 is 0 Å². The van der Waals surface area contributed by atoms with Gasteiger partial charge in [0.2, 0.25) is 0 Å². The SMILES string of the molecule is Cc1c(Cl)cccc1Nc1nc(CO[Si](C)(C)C(C)(C)C)nc2cc(Br)cnc12. The van der Waals surface area contributed by atoms with Crippen molar-refractivity contribution in [1.29, 1.82) is 0 Å². The summed E-state index contributed by atoms with van der Waals surface area (Å²) in [5.41, 5.74) is 3.30. The van der Waals surface area contributed by atoms with E-state index in [4.69, 9.17) is 26.0 Å². The number of halogens is 2. The van der Waals surface area contributed by atoms with Gasteiger partial charge in [-0.2, -0.15) is 0 Å². The molecule has 0 radical (unpaired) electrons. The number of hydrogen-bond acceptors (Lipinski definition) is 5. The Morgan fingerprint density at radius 3 is 2.62 bits per heavy atom. The zero-order valence-corrected chi connectivity index (χ0v) is 20.9. The van der Waals surface area contributed by atoms with Crippen LogP contribution in [0.2, 0.25) is 23.2 Å². The molecule has 0 spiro atoms. The normalized spacial score (nSPS) is 12.4. The first-order valence-electron chi connectivity index (χ1n) is 9.46. The Kier molecular flexibility index (Phi) is 6.34. The second kappa shape index (κ2) is 8.30. The standard InChI is InChI=1S/C21H26BrClN4OSi/c1-13-15(23)8-7-9-16(13)26-20-19-17(10-14(22)11-24-19)25-18(27-20)12-28-29(5,6)21(2,3)4/h7-11H,12H2,1-6H3,(H,25,26,27). The molecule has 1 aromatic carbocycles. The van der Waals surface area contributed by atoms with E-state index >= 15 is 0 Å². The first kappa shape index (κ1) is 22.1.